The van der Waals surface area contributed by atoms with Crippen molar-refractivity contribution >= 4 is 17.5 Å². The molecule has 0 radical (unpaired) electrons. The second kappa shape index (κ2) is 10.5. The summed E-state index contributed by atoms with van der Waals surface area (Å²) in [4.78, 5) is 32.2. The van der Waals surface area contributed by atoms with Crippen LogP contribution in [0.2, 0.25) is 0 Å². The van der Waals surface area contributed by atoms with Gasteiger partial charge in [-0.3, -0.25) is 9.59 Å². The van der Waals surface area contributed by atoms with Gasteiger partial charge in [0.2, 0.25) is 0 Å². The zero-order valence-corrected chi connectivity index (χ0v) is 21.3. The fourth-order valence-electron chi connectivity index (χ4n) is 5.10. The van der Waals surface area contributed by atoms with Crippen LogP contribution in [0.15, 0.2) is 30.6 Å². The molecule has 2 amide bonds. The fraction of sp³-hybridized carbons (Fsp3) is 0.556. The molecule has 1 saturated heterocycles. The van der Waals surface area contributed by atoms with Crippen LogP contribution in [-0.2, 0) is 17.5 Å². The highest BCUT2D eigenvalue weighted by molar-refractivity contribution is 5.98. The van der Waals surface area contributed by atoms with Gasteiger partial charge in [-0.15, -0.1) is 0 Å². The number of rotatable bonds is 9. The molecule has 2 heterocycles. The molecule has 0 spiro atoms. The normalized spacial score (nSPS) is 21.7. The maximum Gasteiger partial charge on any atom is 0.416 e. The standard InChI is InChI=1S/C27H32F3N5O3/c1-16-24(34(15-33-16)14-17-5-6-17)25(36)32-13-22(31)23-12-21(9-10-38-23)35(20-7-8-20)26(37)18-3-2-4-19(11-18)27(28,29)30/h2-4,11,15,17,20-21,23,31H,5-10,12-14H2,1H3,(H,32,36)/t21-,23+/m1/s1. The van der Waals surface area contributed by atoms with Gasteiger partial charge in [-0.1, -0.05) is 6.07 Å². The number of hydrogen-bond acceptors (Lipinski definition) is 5. The molecule has 2 aliphatic carbocycles. The first-order valence-corrected chi connectivity index (χ1v) is 13.1. The Bertz CT molecular complexity index is 1220. The third-order valence-electron chi connectivity index (χ3n) is 7.48. The van der Waals surface area contributed by atoms with Crippen LogP contribution in [0.3, 0.4) is 0 Å². The first-order chi connectivity index (χ1) is 18.1. The van der Waals surface area contributed by atoms with E-state index in [1.807, 2.05) is 4.57 Å². The molecule has 2 aromatic rings. The second-order valence-electron chi connectivity index (χ2n) is 10.5. The minimum absolute atomic E-state index is 0.00469. The zero-order chi connectivity index (χ0) is 27.0. The maximum atomic E-state index is 13.4. The molecule has 38 heavy (non-hydrogen) atoms. The van der Waals surface area contributed by atoms with Crippen molar-refractivity contribution in [3.05, 3.63) is 53.1 Å². The van der Waals surface area contributed by atoms with Gasteiger partial charge in [-0.2, -0.15) is 13.2 Å². The number of nitrogens with zero attached hydrogens (tertiary/aromatic N) is 3. The number of alkyl halides is 3. The summed E-state index contributed by atoms with van der Waals surface area (Å²) in [6.45, 7) is 2.85. The SMILES string of the molecule is Cc1ncn(CC2CC2)c1C(=O)NCC(=N)[C@@H]1C[C@H](N(C(=O)c2cccc(C(F)(F)F)c2)C2CC2)CCO1. The molecule has 3 aliphatic rings. The number of aryl methyl sites for hydroxylation is 1. The Morgan fingerprint density at radius 1 is 1.18 bits per heavy atom. The number of aromatic nitrogens is 2. The van der Waals surface area contributed by atoms with Crippen LogP contribution in [0.1, 0.15) is 70.6 Å². The van der Waals surface area contributed by atoms with Crippen molar-refractivity contribution < 1.29 is 27.5 Å². The van der Waals surface area contributed by atoms with E-state index in [9.17, 15) is 22.8 Å². The van der Waals surface area contributed by atoms with Crippen molar-refractivity contribution in [3.63, 3.8) is 0 Å². The molecule has 0 unspecified atom stereocenters. The Hall–Kier alpha value is -3.21. The summed E-state index contributed by atoms with van der Waals surface area (Å²) in [5, 5.41) is 11.4. The van der Waals surface area contributed by atoms with E-state index in [0.717, 1.165) is 44.4 Å². The largest absolute Gasteiger partial charge is 0.416 e. The zero-order valence-electron chi connectivity index (χ0n) is 21.3. The molecule has 1 aromatic carbocycles. The van der Waals surface area contributed by atoms with Crippen LogP contribution >= 0.6 is 0 Å². The van der Waals surface area contributed by atoms with Gasteiger partial charge < -0.3 is 24.9 Å². The number of carbonyl (C=O) groups excluding carboxylic acids is 2. The number of benzene rings is 1. The van der Waals surface area contributed by atoms with Crippen LogP contribution in [0.25, 0.3) is 0 Å². The topological polar surface area (TPSA) is 100 Å². The third-order valence-corrected chi connectivity index (χ3v) is 7.48. The van der Waals surface area contributed by atoms with Gasteiger partial charge in [-0.25, -0.2) is 4.98 Å². The van der Waals surface area contributed by atoms with E-state index in [0.29, 0.717) is 36.8 Å². The summed E-state index contributed by atoms with van der Waals surface area (Å²) >= 11 is 0. The molecule has 2 atom stereocenters. The lowest BCUT2D eigenvalue weighted by atomic mass is 9.97. The summed E-state index contributed by atoms with van der Waals surface area (Å²) in [6, 6.07) is 4.24. The molecule has 2 saturated carbocycles. The number of amides is 2. The number of carbonyl (C=O) groups is 2. The highest BCUT2D eigenvalue weighted by atomic mass is 19.4. The van der Waals surface area contributed by atoms with Crippen LogP contribution in [0, 0.1) is 18.3 Å². The van der Waals surface area contributed by atoms with Gasteiger partial charge in [0.1, 0.15) is 5.69 Å². The maximum absolute atomic E-state index is 13.4. The van der Waals surface area contributed by atoms with Crippen molar-refractivity contribution in [2.24, 2.45) is 5.92 Å². The van der Waals surface area contributed by atoms with Crippen molar-refractivity contribution in [1.82, 2.24) is 19.8 Å². The lowest BCUT2D eigenvalue weighted by Crippen LogP contribution is -2.49. The minimum atomic E-state index is -4.53. The Balaban J connectivity index is 1.22. The van der Waals surface area contributed by atoms with Crippen LogP contribution in [0.5, 0.6) is 0 Å². The molecule has 1 aliphatic heterocycles. The fourth-order valence-corrected chi connectivity index (χ4v) is 5.10. The summed E-state index contributed by atoms with van der Waals surface area (Å²) in [5.41, 5.74) is 0.484. The molecule has 3 fully saturated rings. The highest BCUT2D eigenvalue weighted by Crippen LogP contribution is 2.36. The molecule has 1 aromatic heterocycles. The molecule has 11 heteroatoms. The number of ether oxygens (including phenoxy) is 1. The summed E-state index contributed by atoms with van der Waals surface area (Å²) in [5.74, 6) is -0.144. The Morgan fingerprint density at radius 2 is 1.95 bits per heavy atom. The average molecular weight is 532 g/mol. The second-order valence-corrected chi connectivity index (χ2v) is 10.5. The van der Waals surface area contributed by atoms with Crippen molar-refractivity contribution in [1.29, 1.82) is 5.41 Å². The van der Waals surface area contributed by atoms with Gasteiger partial charge >= 0.3 is 6.18 Å². The molecular formula is C27H32F3N5O3. The van der Waals surface area contributed by atoms with Gasteiger partial charge in [0, 0.05) is 30.8 Å². The average Bonchev–Trinajstić information content (AvgIpc) is 3.83. The van der Waals surface area contributed by atoms with E-state index in [2.05, 4.69) is 10.3 Å². The van der Waals surface area contributed by atoms with Crippen molar-refractivity contribution in [2.45, 2.75) is 76.4 Å². The molecule has 8 nitrogen and oxygen atoms in total. The Morgan fingerprint density at radius 3 is 2.63 bits per heavy atom. The first kappa shape index (κ1) is 26.4. The molecule has 2 N–H and O–H groups in total. The highest BCUT2D eigenvalue weighted by Gasteiger charge is 2.41. The predicted molar refractivity (Wildman–Crippen MR) is 133 cm³/mol. The quantitative estimate of drug-likeness (QED) is 0.473. The summed E-state index contributed by atoms with van der Waals surface area (Å²) < 4.78 is 47.3. The third kappa shape index (κ3) is 5.92. The lowest BCUT2D eigenvalue weighted by molar-refractivity contribution is -0.137. The molecule has 204 valence electrons. The van der Waals surface area contributed by atoms with Crippen LogP contribution < -0.4 is 5.32 Å². The molecule has 0 bridgehead atoms. The number of nitrogens with one attached hydrogen (secondary N) is 2. The number of imidazole rings is 1. The molecular weight excluding hydrogens is 499 g/mol. The van der Waals surface area contributed by atoms with E-state index in [-0.39, 0.29) is 35.8 Å². The van der Waals surface area contributed by atoms with E-state index >= 15 is 0 Å². The monoisotopic (exact) mass is 531 g/mol. The summed E-state index contributed by atoms with van der Waals surface area (Å²) in [7, 11) is 0. The van der Waals surface area contributed by atoms with E-state index in [1.54, 1.807) is 18.2 Å². The number of hydrogen-bond donors (Lipinski definition) is 2. The van der Waals surface area contributed by atoms with Crippen molar-refractivity contribution in [2.75, 3.05) is 13.2 Å². The van der Waals surface area contributed by atoms with Gasteiger partial charge in [-0.05, 0) is 69.6 Å². The first-order valence-electron chi connectivity index (χ1n) is 13.1. The van der Waals surface area contributed by atoms with Gasteiger partial charge in [0.05, 0.1) is 35.9 Å². The van der Waals surface area contributed by atoms with Crippen LogP contribution in [-0.4, -0.2) is 63.3 Å². The lowest BCUT2D eigenvalue weighted by Gasteiger charge is -2.38. The summed E-state index contributed by atoms with van der Waals surface area (Å²) in [6.07, 6.45) is 1.35. The van der Waals surface area contributed by atoms with Crippen molar-refractivity contribution in [3.8, 4) is 0 Å². The number of halogens is 3. The molecule has 5 rings (SSSR count). The van der Waals surface area contributed by atoms with E-state index < -0.39 is 23.8 Å². The van der Waals surface area contributed by atoms with Gasteiger partial charge in [0.25, 0.3) is 11.8 Å². The Kier molecular flexibility index (Phi) is 7.30. The smallest absolute Gasteiger partial charge is 0.372 e. The van der Waals surface area contributed by atoms with Gasteiger partial charge in [0.15, 0.2) is 0 Å². The van der Waals surface area contributed by atoms with Crippen LogP contribution in [0.4, 0.5) is 13.2 Å². The Labute approximate surface area is 219 Å². The minimum Gasteiger partial charge on any atom is -0.372 e. The van der Waals surface area contributed by atoms with E-state index in [4.69, 9.17) is 10.1 Å². The van der Waals surface area contributed by atoms with E-state index in [1.165, 1.54) is 12.1 Å². The predicted octanol–water partition coefficient (Wildman–Crippen LogP) is 4.22.